The van der Waals surface area contributed by atoms with Gasteiger partial charge in [-0.05, 0) is 30.5 Å². The van der Waals surface area contributed by atoms with Crippen LogP contribution in [0, 0.1) is 10.1 Å². The van der Waals surface area contributed by atoms with Gasteiger partial charge in [0, 0.05) is 30.9 Å². The van der Waals surface area contributed by atoms with Crippen molar-refractivity contribution in [2.45, 2.75) is 43.1 Å². The Morgan fingerprint density at radius 1 is 1.10 bits per heavy atom. The maximum absolute atomic E-state index is 13.0. The van der Waals surface area contributed by atoms with E-state index in [4.69, 9.17) is 5.73 Å². The van der Waals surface area contributed by atoms with Gasteiger partial charge in [0.1, 0.15) is 0 Å². The molecule has 0 spiro atoms. The van der Waals surface area contributed by atoms with Crippen LogP contribution in [0.15, 0.2) is 58.5 Å². The van der Waals surface area contributed by atoms with Crippen molar-refractivity contribution < 1.29 is 9.72 Å². The zero-order valence-electron chi connectivity index (χ0n) is 16.3. The van der Waals surface area contributed by atoms with Gasteiger partial charge in [0.15, 0.2) is 5.16 Å². The predicted octanol–water partition coefficient (Wildman–Crippen LogP) is 3.64. The number of fused-ring (bicyclic) bond motifs is 1. The third-order valence-corrected chi connectivity index (χ3v) is 5.69. The lowest BCUT2D eigenvalue weighted by Crippen LogP contribution is -2.23. The summed E-state index contributed by atoms with van der Waals surface area (Å²) in [4.78, 5) is 38.9. The number of hydrogen-bond acceptors (Lipinski definition) is 6. The molecule has 1 heterocycles. The smallest absolute Gasteiger partial charge is 0.269 e. The molecule has 0 aliphatic rings. The number of primary amides is 1. The molecule has 0 saturated heterocycles. The Hall–Kier alpha value is -3.20. The number of hydrogen-bond donors (Lipinski definition) is 1. The van der Waals surface area contributed by atoms with Gasteiger partial charge in [-0.25, -0.2) is 4.98 Å². The molecule has 0 aliphatic heterocycles. The predicted molar refractivity (Wildman–Crippen MR) is 116 cm³/mol. The first-order chi connectivity index (χ1) is 14.5. The van der Waals surface area contributed by atoms with Crippen LogP contribution < -0.4 is 11.3 Å². The van der Waals surface area contributed by atoms with Gasteiger partial charge in [0.25, 0.3) is 11.2 Å². The Morgan fingerprint density at radius 3 is 2.53 bits per heavy atom. The Labute approximate surface area is 177 Å². The van der Waals surface area contributed by atoms with E-state index in [1.807, 2.05) is 18.2 Å². The van der Waals surface area contributed by atoms with E-state index in [9.17, 15) is 19.7 Å². The maximum atomic E-state index is 13.0. The van der Waals surface area contributed by atoms with Crippen LogP contribution in [0.2, 0.25) is 0 Å². The molecular weight excluding hydrogens is 404 g/mol. The zero-order valence-corrected chi connectivity index (χ0v) is 17.1. The number of benzene rings is 2. The summed E-state index contributed by atoms with van der Waals surface area (Å²) >= 11 is 1.42. The van der Waals surface area contributed by atoms with Crippen molar-refractivity contribution in [2.75, 3.05) is 0 Å². The van der Waals surface area contributed by atoms with Crippen molar-refractivity contribution in [3.8, 4) is 0 Å². The monoisotopic (exact) mass is 426 g/mol. The summed E-state index contributed by atoms with van der Waals surface area (Å²) < 4.78 is 1.67. The first-order valence-corrected chi connectivity index (χ1v) is 10.6. The molecule has 0 saturated carbocycles. The van der Waals surface area contributed by atoms with E-state index < -0.39 is 4.92 Å². The Kier molecular flexibility index (Phi) is 7.18. The number of nitrogens with two attached hydrogens (primary N) is 1. The highest BCUT2D eigenvalue weighted by Crippen LogP contribution is 2.24. The zero-order chi connectivity index (χ0) is 21.5. The molecule has 2 aromatic carbocycles. The second-order valence-corrected chi connectivity index (χ2v) is 7.80. The van der Waals surface area contributed by atoms with Crippen LogP contribution in [0.1, 0.15) is 31.2 Å². The number of nitro benzene ring substituents is 1. The lowest BCUT2D eigenvalue weighted by atomic mass is 10.2. The van der Waals surface area contributed by atoms with Crippen molar-refractivity contribution >= 4 is 34.3 Å². The van der Waals surface area contributed by atoms with Gasteiger partial charge in [-0.3, -0.25) is 24.3 Å². The normalized spacial score (nSPS) is 10.9. The van der Waals surface area contributed by atoms with E-state index in [1.54, 1.807) is 22.8 Å². The fourth-order valence-corrected chi connectivity index (χ4v) is 4.04. The van der Waals surface area contributed by atoms with E-state index in [-0.39, 0.29) is 17.2 Å². The molecule has 0 unspecified atom stereocenters. The van der Waals surface area contributed by atoms with Gasteiger partial charge in [0.2, 0.25) is 5.91 Å². The first-order valence-electron chi connectivity index (χ1n) is 9.59. The number of nitro groups is 1. The number of unbranched alkanes of at least 4 members (excludes halogenated alkanes) is 2. The molecule has 156 valence electrons. The van der Waals surface area contributed by atoms with Gasteiger partial charge in [0.05, 0.1) is 15.8 Å². The summed E-state index contributed by atoms with van der Waals surface area (Å²) in [6.45, 7) is 0.498. The average molecular weight is 426 g/mol. The molecule has 0 radical (unpaired) electrons. The number of rotatable bonds is 10. The minimum atomic E-state index is -0.433. The third-order valence-electron chi connectivity index (χ3n) is 4.65. The van der Waals surface area contributed by atoms with E-state index in [2.05, 4.69) is 4.98 Å². The molecule has 1 amide bonds. The van der Waals surface area contributed by atoms with Crippen LogP contribution in [-0.4, -0.2) is 20.4 Å². The fraction of sp³-hybridized carbons (Fsp3) is 0.286. The number of non-ortho nitro benzene ring substituents is 1. The fourth-order valence-electron chi connectivity index (χ4n) is 3.06. The van der Waals surface area contributed by atoms with Crippen molar-refractivity contribution in [3.63, 3.8) is 0 Å². The molecule has 0 aliphatic carbocycles. The van der Waals surface area contributed by atoms with Crippen LogP contribution in [0.4, 0.5) is 5.69 Å². The van der Waals surface area contributed by atoms with Crippen LogP contribution in [-0.2, 0) is 17.1 Å². The van der Waals surface area contributed by atoms with Crippen LogP contribution in [0.25, 0.3) is 10.9 Å². The molecule has 0 fully saturated rings. The molecule has 30 heavy (non-hydrogen) atoms. The molecule has 0 bridgehead atoms. The number of thioether (sulfide) groups is 1. The molecular formula is C21H22N4O4S. The van der Waals surface area contributed by atoms with E-state index in [0.29, 0.717) is 41.2 Å². The van der Waals surface area contributed by atoms with Gasteiger partial charge < -0.3 is 5.73 Å². The van der Waals surface area contributed by atoms with Crippen molar-refractivity contribution in [3.05, 3.63) is 74.6 Å². The maximum Gasteiger partial charge on any atom is 0.269 e. The van der Waals surface area contributed by atoms with Crippen molar-refractivity contribution in [1.82, 2.24) is 9.55 Å². The first kappa shape index (κ1) is 21.5. The van der Waals surface area contributed by atoms with Gasteiger partial charge >= 0.3 is 0 Å². The standard InChI is InChI=1S/C21H22N4O4S/c22-19(26)8-2-1-5-13-24-20(27)17-6-3-4-7-18(17)23-21(24)30-14-15-9-11-16(12-10-15)25(28)29/h3-4,6-7,9-12H,1-2,5,8,13-14H2,(H2,22,26). The highest BCUT2D eigenvalue weighted by Gasteiger charge is 2.12. The average Bonchev–Trinajstić information content (AvgIpc) is 2.73. The molecule has 2 N–H and O–H groups in total. The summed E-state index contributed by atoms with van der Waals surface area (Å²) in [5.41, 5.74) is 6.66. The molecule has 3 aromatic rings. The minimum Gasteiger partial charge on any atom is -0.370 e. The summed E-state index contributed by atoms with van der Waals surface area (Å²) in [5.74, 6) is 0.212. The minimum absolute atomic E-state index is 0.0421. The van der Waals surface area contributed by atoms with Gasteiger partial charge in [-0.2, -0.15) is 0 Å². The second kappa shape index (κ2) is 10.0. The molecule has 8 nitrogen and oxygen atoms in total. The van der Waals surface area contributed by atoms with Gasteiger partial charge in [-0.1, -0.05) is 42.4 Å². The van der Waals surface area contributed by atoms with Gasteiger partial charge in [-0.15, -0.1) is 0 Å². The van der Waals surface area contributed by atoms with E-state index in [1.165, 1.54) is 23.9 Å². The van der Waals surface area contributed by atoms with Crippen molar-refractivity contribution in [1.29, 1.82) is 0 Å². The number of carbonyl (C=O) groups excluding carboxylic acids is 1. The highest BCUT2D eigenvalue weighted by atomic mass is 32.2. The summed E-state index contributed by atoms with van der Waals surface area (Å²) in [6.07, 6.45) is 2.55. The lowest BCUT2D eigenvalue weighted by Gasteiger charge is -2.13. The number of aromatic nitrogens is 2. The van der Waals surface area contributed by atoms with E-state index >= 15 is 0 Å². The molecule has 1 aromatic heterocycles. The largest absolute Gasteiger partial charge is 0.370 e. The summed E-state index contributed by atoms with van der Waals surface area (Å²) in [5, 5.41) is 12.0. The molecule has 9 heteroatoms. The van der Waals surface area contributed by atoms with Crippen LogP contribution in [0.5, 0.6) is 0 Å². The lowest BCUT2D eigenvalue weighted by molar-refractivity contribution is -0.384. The Balaban J connectivity index is 1.79. The second-order valence-electron chi connectivity index (χ2n) is 6.86. The summed E-state index contributed by atoms with van der Waals surface area (Å²) in [6, 6.07) is 13.6. The highest BCUT2D eigenvalue weighted by molar-refractivity contribution is 7.98. The quantitative estimate of drug-likeness (QED) is 0.174. The van der Waals surface area contributed by atoms with E-state index in [0.717, 1.165) is 18.4 Å². The van der Waals surface area contributed by atoms with Crippen LogP contribution >= 0.6 is 11.8 Å². The summed E-state index contributed by atoms with van der Waals surface area (Å²) in [7, 11) is 0. The topological polar surface area (TPSA) is 121 Å². The Bertz CT molecular complexity index is 1110. The number of carbonyl (C=O) groups is 1. The molecule has 3 rings (SSSR count). The number of nitrogens with zero attached hydrogens (tertiary/aromatic N) is 3. The van der Waals surface area contributed by atoms with Crippen molar-refractivity contribution in [2.24, 2.45) is 5.73 Å². The SMILES string of the molecule is NC(=O)CCCCCn1c(SCc2ccc([N+](=O)[O-])cc2)nc2ccccc2c1=O. The van der Waals surface area contributed by atoms with Crippen LogP contribution in [0.3, 0.4) is 0 Å². The Morgan fingerprint density at radius 2 is 1.83 bits per heavy atom. The number of amides is 1. The third kappa shape index (κ3) is 5.44. The number of para-hydroxylation sites is 1. The molecule has 0 atom stereocenters.